The Morgan fingerprint density at radius 3 is 2.31 bits per heavy atom. The van der Waals surface area contributed by atoms with E-state index >= 15 is 0 Å². The van der Waals surface area contributed by atoms with Crippen LogP contribution in [-0.2, 0) is 11.8 Å². The fraction of sp³-hybridized carbons (Fsp3) is 0.545. The van der Waals surface area contributed by atoms with Crippen LogP contribution in [0.2, 0.25) is 0 Å². The molecule has 0 saturated heterocycles. The summed E-state index contributed by atoms with van der Waals surface area (Å²) in [4.78, 5) is 4.22. The Morgan fingerprint density at radius 2 is 1.92 bits per heavy atom. The van der Waals surface area contributed by atoms with Crippen LogP contribution in [0.1, 0.15) is 38.8 Å². The van der Waals surface area contributed by atoms with Crippen molar-refractivity contribution in [1.82, 2.24) is 4.98 Å². The quantitative estimate of drug-likeness (QED) is 0.721. The van der Waals surface area contributed by atoms with Crippen molar-refractivity contribution >= 4 is 22.6 Å². The van der Waals surface area contributed by atoms with Crippen molar-refractivity contribution in [2.45, 2.75) is 39.5 Å². The fourth-order valence-electron chi connectivity index (χ4n) is 1.58. The molecule has 0 fully saturated rings. The first-order chi connectivity index (χ1) is 5.96. The monoisotopic (exact) mass is 289 g/mol. The molecule has 0 bridgehead atoms. The third-order valence-electron chi connectivity index (χ3n) is 2.11. The van der Waals surface area contributed by atoms with E-state index < -0.39 is 0 Å². The minimum Gasteiger partial charge on any atom is -0.263 e. The van der Waals surface area contributed by atoms with Crippen LogP contribution in [0.15, 0.2) is 12.4 Å². The second-order valence-corrected chi connectivity index (χ2v) is 5.42. The van der Waals surface area contributed by atoms with E-state index in [1.807, 2.05) is 12.4 Å². The molecule has 0 radical (unpaired) electrons. The zero-order valence-electron chi connectivity index (χ0n) is 8.69. The Kier molecular flexibility index (Phi) is 3.33. The maximum absolute atomic E-state index is 4.22. The molecule has 1 rings (SSSR count). The molecule has 0 atom stereocenters. The Labute approximate surface area is 94.1 Å². The van der Waals surface area contributed by atoms with Crippen molar-refractivity contribution in [3.05, 3.63) is 27.1 Å². The van der Waals surface area contributed by atoms with Gasteiger partial charge in [-0.15, -0.1) is 0 Å². The third-order valence-corrected chi connectivity index (χ3v) is 2.93. The number of pyridine rings is 1. The van der Waals surface area contributed by atoms with Crippen LogP contribution in [0, 0.1) is 3.57 Å². The Hall–Kier alpha value is -0.120. The minimum atomic E-state index is 0.227. The summed E-state index contributed by atoms with van der Waals surface area (Å²) in [5.41, 5.74) is 3.05. The van der Waals surface area contributed by atoms with Crippen molar-refractivity contribution in [2.75, 3.05) is 0 Å². The maximum atomic E-state index is 4.22. The first kappa shape index (κ1) is 11.0. The van der Waals surface area contributed by atoms with Gasteiger partial charge in [0.1, 0.15) is 0 Å². The van der Waals surface area contributed by atoms with Gasteiger partial charge in [0.25, 0.3) is 0 Å². The molecule has 0 aromatic carbocycles. The highest BCUT2D eigenvalue weighted by Gasteiger charge is 2.20. The molecule has 0 N–H and O–H groups in total. The lowest BCUT2D eigenvalue weighted by Gasteiger charge is -2.23. The van der Waals surface area contributed by atoms with Gasteiger partial charge in [0, 0.05) is 16.0 Å². The van der Waals surface area contributed by atoms with Gasteiger partial charge in [-0.2, -0.15) is 0 Å². The van der Waals surface area contributed by atoms with Gasteiger partial charge in [0.2, 0.25) is 0 Å². The van der Waals surface area contributed by atoms with Gasteiger partial charge in [0.05, 0.1) is 0 Å². The number of halogens is 1. The minimum absolute atomic E-state index is 0.227. The average Bonchev–Trinajstić information content (AvgIpc) is 2.01. The molecule has 1 nitrogen and oxygen atoms in total. The van der Waals surface area contributed by atoms with Crippen molar-refractivity contribution < 1.29 is 0 Å². The molecule has 0 spiro atoms. The summed E-state index contributed by atoms with van der Waals surface area (Å²) >= 11 is 2.37. The predicted molar refractivity (Wildman–Crippen MR) is 65.0 cm³/mol. The molecule has 0 amide bonds. The number of nitrogens with zero attached hydrogens (tertiary/aromatic N) is 1. The van der Waals surface area contributed by atoms with Crippen LogP contribution in [0.4, 0.5) is 0 Å². The topological polar surface area (TPSA) is 12.9 Å². The predicted octanol–water partition coefficient (Wildman–Crippen LogP) is 3.55. The summed E-state index contributed by atoms with van der Waals surface area (Å²) in [6.07, 6.45) is 5.00. The Morgan fingerprint density at radius 1 is 1.31 bits per heavy atom. The summed E-state index contributed by atoms with van der Waals surface area (Å²) in [6.45, 7) is 8.94. The van der Waals surface area contributed by atoms with Gasteiger partial charge in [-0.1, -0.05) is 27.7 Å². The number of aryl methyl sites for hydroxylation is 1. The maximum Gasteiger partial charge on any atom is 0.0404 e. The lowest BCUT2D eigenvalue weighted by Crippen LogP contribution is -2.16. The number of aromatic nitrogens is 1. The molecule has 0 aliphatic heterocycles. The van der Waals surface area contributed by atoms with Crippen molar-refractivity contribution in [1.29, 1.82) is 0 Å². The molecule has 72 valence electrons. The second-order valence-electron chi connectivity index (χ2n) is 4.26. The first-order valence-electron chi connectivity index (χ1n) is 4.59. The standard InChI is InChI=1S/C11H16IN/c1-5-8-6-13-7-9(12)10(8)11(2,3)4/h6-7H,5H2,1-4H3. The van der Waals surface area contributed by atoms with Crippen LogP contribution in [0.3, 0.4) is 0 Å². The zero-order chi connectivity index (χ0) is 10.1. The second kappa shape index (κ2) is 3.95. The highest BCUT2D eigenvalue weighted by atomic mass is 127. The first-order valence-corrected chi connectivity index (χ1v) is 5.67. The molecule has 0 saturated carbocycles. The zero-order valence-corrected chi connectivity index (χ0v) is 10.8. The van der Waals surface area contributed by atoms with E-state index in [9.17, 15) is 0 Å². The molecule has 1 heterocycles. The highest BCUT2D eigenvalue weighted by molar-refractivity contribution is 14.1. The van der Waals surface area contributed by atoms with Crippen molar-refractivity contribution in [2.24, 2.45) is 0 Å². The SMILES string of the molecule is CCc1cncc(I)c1C(C)(C)C. The van der Waals surface area contributed by atoms with E-state index in [0.717, 1.165) is 6.42 Å². The largest absolute Gasteiger partial charge is 0.263 e. The normalized spacial score (nSPS) is 11.8. The Balaban J connectivity index is 3.32. The van der Waals surface area contributed by atoms with E-state index in [4.69, 9.17) is 0 Å². The molecule has 13 heavy (non-hydrogen) atoms. The molecule has 0 aliphatic rings. The molecule has 0 unspecified atom stereocenters. The van der Waals surface area contributed by atoms with Crippen LogP contribution in [0.5, 0.6) is 0 Å². The number of rotatable bonds is 1. The van der Waals surface area contributed by atoms with Gasteiger partial charge in [0.15, 0.2) is 0 Å². The van der Waals surface area contributed by atoms with Gasteiger partial charge >= 0.3 is 0 Å². The van der Waals surface area contributed by atoms with Crippen LogP contribution in [-0.4, -0.2) is 4.98 Å². The van der Waals surface area contributed by atoms with Gasteiger partial charge in [-0.3, -0.25) is 4.98 Å². The lowest BCUT2D eigenvalue weighted by molar-refractivity contribution is 0.578. The highest BCUT2D eigenvalue weighted by Crippen LogP contribution is 2.29. The van der Waals surface area contributed by atoms with E-state index in [0.29, 0.717) is 0 Å². The van der Waals surface area contributed by atoms with Gasteiger partial charge < -0.3 is 0 Å². The molecular formula is C11H16IN. The van der Waals surface area contributed by atoms with Crippen molar-refractivity contribution in [3.8, 4) is 0 Å². The molecule has 2 heteroatoms. The fourth-order valence-corrected chi connectivity index (χ4v) is 2.90. The molecule has 0 aliphatic carbocycles. The van der Waals surface area contributed by atoms with Crippen LogP contribution < -0.4 is 0 Å². The molecule has 1 aromatic heterocycles. The summed E-state index contributed by atoms with van der Waals surface area (Å²) in [5, 5.41) is 0. The number of hydrogen-bond donors (Lipinski definition) is 0. The summed E-state index contributed by atoms with van der Waals surface area (Å²) < 4.78 is 1.28. The van der Waals surface area contributed by atoms with Crippen LogP contribution in [0.25, 0.3) is 0 Å². The average molecular weight is 289 g/mol. The van der Waals surface area contributed by atoms with E-state index in [2.05, 4.69) is 55.3 Å². The number of hydrogen-bond acceptors (Lipinski definition) is 1. The van der Waals surface area contributed by atoms with Gasteiger partial charge in [-0.25, -0.2) is 0 Å². The molecule has 1 aromatic rings. The summed E-state index contributed by atoms with van der Waals surface area (Å²) in [6, 6.07) is 0. The van der Waals surface area contributed by atoms with E-state index in [-0.39, 0.29) is 5.41 Å². The van der Waals surface area contributed by atoms with E-state index in [1.54, 1.807) is 0 Å². The van der Waals surface area contributed by atoms with Crippen LogP contribution >= 0.6 is 22.6 Å². The molecular weight excluding hydrogens is 273 g/mol. The van der Waals surface area contributed by atoms with Gasteiger partial charge in [-0.05, 0) is 45.6 Å². The van der Waals surface area contributed by atoms with Crippen molar-refractivity contribution in [3.63, 3.8) is 0 Å². The smallest absolute Gasteiger partial charge is 0.0404 e. The third kappa shape index (κ3) is 2.42. The van der Waals surface area contributed by atoms with E-state index in [1.165, 1.54) is 14.7 Å². The summed E-state index contributed by atoms with van der Waals surface area (Å²) in [7, 11) is 0. The Bertz CT molecular complexity index is 299. The lowest BCUT2D eigenvalue weighted by atomic mass is 9.84. The summed E-state index contributed by atoms with van der Waals surface area (Å²) in [5.74, 6) is 0.